The number of nitrogens with zero attached hydrogens (tertiary/aromatic N) is 3. The highest BCUT2D eigenvalue weighted by Crippen LogP contribution is 2.15. The number of aliphatic hydroxyl groups excluding tert-OH is 2. The Balaban J connectivity index is 1.81. The van der Waals surface area contributed by atoms with Crippen molar-refractivity contribution in [3.63, 3.8) is 0 Å². The Morgan fingerprint density at radius 3 is 2.72 bits per heavy atom. The molecule has 2 aromatic rings. The van der Waals surface area contributed by atoms with Crippen LogP contribution in [0, 0.1) is 6.92 Å². The molecule has 0 amide bonds. The van der Waals surface area contributed by atoms with Crippen molar-refractivity contribution >= 4 is 5.65 Å². The Hall–Kier alpha value is -1.43. The minimum absolute atomic E-state index is 0.508. The van der Waals surface area contributed by atoms with Gasteiger partial charge in [0.15, 0.2) is 0 Å². The normalized spacial score (nSPS) is 25.1. The van der Waals surface area contributed by atoms with Gasteiger partial charge in [0, 0.05) is 32.0 Å². The molecule has 0 saturated carbocycles. The molecule has 96 valence electrons. The maximum Gasteiger partial charge on any atom is 0.139 e. The SMILES string of the molecule is Cc1cccn2cc(CN3C[C@@H](O)[C@@H](O)C3)nc12. The topological polar surface area (TPSA) is 61.0 Å². The van der Waals surface area contributed by atoms with Gasteiger partial charge in [-0.05, 0) is 18.6 Å². The van der Waals surface area contributed by atoms with E-state index < -0.39 is 12.2 Å². The number of likely N-dealkylation sites (tertiary alicyclic amines) is 1. The van der Waals surface area contributed by atoms with Crippen LogP contribution in [0.5, 0.6) is 0 Å². The van der Waals surface area contributed by atoms with E-state index in [1.807, 2.05) is 40.8 Å². The summed E-state index contributed by atoms with van der Waals surface area (Å²) in [5.41, 5.74) is 3.07. The molecule has 3 heterocycles. The molecule has 0 bridgehead atoms. The standard InChI is InChI=1S/C13H17N3O2/c1-9-3-2-4-16-6-10(14-13(9)16)5-15-7-11(17)12(18)8-15/h2-4,6,11-12,17-18H,5,7-8H2,1H3/t11-,12+. The van der Waals surface area contributed by atoms with Gasteiger partial charge < -0.3 is 14.6 Å². The van der Waals surface area contributed by atoms with E-state index >= 15 is 0 Å². The Labute approximate surface area is 105 Å². The number of aromatic nitrogens is 2. The summed E-state index contributed by atoms with van der Waals surface area (Å²) in [5.74, 6) is 0. The average Bonchev–Trinajstić information content (AvgIpc) is 2.85. The molecule has 2 atom stereocenters. The predicted octanol–water partition coefficient (Wildman–Crippen LogP) is 0.180. The highest BCUT2D eigenvalue weighted by Gasteiger charge is 2.29. The van der Waals surface area contributed by atoms with Crippen LogP contribution in [0.15, 0.2) is 24.5 Å². The van der Waals surface area contributed by atoms with Crippen molar-refractivity contribution in [3.05, 3.63) is 35.8 Å². The molecule has 0 aromatic carbocycles. The van der Waals surface area contributed by atoms with E-state index in [0.717, 1.165) is 16.9 Å². The number of fused-ring (bicyclic) bond motifs is 1. The Kier molecular flexibility index (Phi) is 2.81. The van der Waals surface area contributed by atoms with Crippen LogP contribution in [-0.2, 0) is 6.54 Å². The molecule has 1 aliphatic heterocycles. The molecule has 1 aliphatic rings. The van der Waals surface area contributed by atoms with Crippen LogP contribution in [0.3, 0.4) is 0 Å². The molecule has 5 heteroatoms. The number of imidazole rings is 1. The third-order valence-electron chi connectivity index (χ3n) is 3.45. The van der Waals surface area contributed by atoms with Crippen molar-refractivity contribution in [1.29, 1.82) is 0 Å². The number of pyridine rings is 1. The molecule has 18 heavy (non-hydrogen) atoms. The molecule has 0 spiro atoms. The summed E-state index contributed by atoms with van der Waals surface area (Å²) in [5, 5.41) is 19.0. The second-order valence-corrected chi connectivity index (χ2v) is 4.98. The molecule has 3 rings (SSSR count). The molecule has 1 fully saturated rings. The van der Waals surface area contributed by atoms with Crippen LogP contribution >= 0.6 is 0 Å². The third-order valence-corrected chi connectivity index (χ3v) is 3.45. The van der Waals surface area contributed by atoms with Gasteiger partial charge >= 0.3 is 0 Å². The van der Waals surface area contributed by atoms with Crippen molar-refractivity contribution < 1.29 is 10.2 Å². The summed E-state index contributed by atoms with van der Waals surface area (Å²) in [4.78, 5) is 6.60. The number of aliphatic hydroxyl groups is 2. The summed E-state index contributed by atoms with van der Waals surface area (Å²) in [7, 11) is 0. The van der Waals surface area contributed by atoms with Crippen molar-refractivity contribution in [2.24, 2.45) is 0 Å². The average molecular weight is 247 g/mol. The summed E-state index contributed by atoms with van der Waals surface area (Å²) >= 11 is 0. The zero-order valence-corrected chi connectivity index (χ0v) is 10.3. The van der Waals surface area contributed by atoms with Crippen molar-refractivity contribution in [1.82, 2.24) is 14.3 Å². The fourth-order valence-corrected chi connectivity index (χ4v) is 2.49. The van der Waals surface area contributed by atoms with Crippen molar-refractivity contribution in [3.8, 4) is 0 Å². The quantitative estimate of drug-likeness (QED) is 0.795. The number of aryl methyl sites for hydroxylation is 1. The molecule has 0 radical (unpaired) electrons. The molecule has 2 N–H and O–H groups in total. The molecular weight excluding hydrogens is 230 g/mol. The molecule has 0 unspecified atom stereocenters. The second kappa shape index (κ2) is 4.35. The summed E-state index contributed by atoms with van der Waals surface area (Å²) in [6.07, 6.45) is 2.71. The summed E-state index contributed by atoms with van der Waals surface area (Å²) < 4.78 is 2.01. The van der Waals surface area contributed by atoms with Gasteiger partial charge in [0.25, 0.3) is 0 Å². The number of rotatable bonds is 2. The van der Waals surface area contributed by atoms with E-state index in [-0.39, 0.29) is 0 Å². The Morgan fingerprint density at radius 2 is 2.06 bits per heavy atom. The molecule has 5 nitrogen and oxygen atoms in total. The monoisotopic (exact) mass is 247 g/mol. The zero-order chi connectivity index (χ0) is 12.7. The van der Waals surface area contributed by atoms with Gasteiger partial charge in [-0.15, -0.1) is 0 Å². The van der Waals surface area contributed by atoms with Gasteiger partial charge in [-0.1, -0.05) is 6.07 Å². The van der Waals surface area contributed by atoms with Crippen molar-refractivity contribution in [2.45, 2.75) is 25.7 Å². The minimum atomic E-state index is -0.635. The van der Waals surface area contributed by atoms with Gasteiger partial charge in [-0.2, -0.15) is 0 Å². The largest absolute Gasteiger partial charge is 0.389 e. The second-order valence-electron chi connectivity index (χ2n) is 4.98. The molecule has 2 aromatic heterocycles. The number of β-amino-alcohol motifs (C(OH)–C–C–N with tert-alkyl or cyclic N) is 2. The van der Waals surface area contributed by atoms with Gasteiger partial charge in [-0.25, -0.2) is 4.98 Å². The highest BCUT2D eigenvalue weighted by molar-refractivity contribution is 5.47. The first-order chi connectivity index (χ1) is 8.63. The number of hydrogen-bond acceptors (Lipinski definition) is 4. The number of hydrogen-bond donors (Lipinski definition) is 2. The van der Waals surface area contributed by atoms with Crippen LogP contribution in [0.25, 0.3) is 5.65 Å². The van der Waals surface area contributed by atoms with Crippen LogP contribution in [0.1, 0.15) is 11.3 Å². The van der Waals surface area contributed by atoms with Gasteiger partial charge in [0.1, 0.15) is 5.65 Å². The van der Waals surface area contributed by atoms with E-state index in [2.05, 4.69) is 4.98 Å². The lowest BCUT2D eigenvalue weighted by molar-refractivity contribution is 0.0572. The maximum atomic E-state index is 9.51. The van der Waals surface area contributed by atoms with Gasteiger partial charge in [-0.3, -0.25) is 4.90 Å². The summed E-state index contributed by atoms with van der Waals surface area (Å²) in [6, 6.07) is 4.03. The van der Waals surface area contributed by atoms with Crippen LogP contribution in [0.2, 0.25) is 0 Å². The fraction of sp³-hybridized carbons (Fsp3) is 0.462. The lowest BCUT2D eigenvalue weighted by Crippen LogP contribution is -2.22. The van der Waals surface area contributed by atoms with Gasteiger partial charge in [0.05, 0.1) is 17.9 Å². The highest BCUT2D eigenvalue weighted by atomic mass is 16.3. The van der Waals surface area contributed by atoms with E-state index in [9.17, 15) is 10.2 Å². The first kappa shape index (κ1) is 11.6. The Morgan fingerprint density at radius 1 is 1.33 bits per heavy atom. The van der Waals surface area contributed by atoms with E-state index in [4.69, 9.17) is 0 Å². The van der Waals surface area contributed by atoms with E-state index in [1.54, 1.807) is 0 Å². The molecule has 0 aliphatic carbocycles. The smallest absolute Gasteiger partial charge is 0.139 e. The van der Waals surface area contributed by atoms with E-state index in [1.165, 1.54) is 0 Å². The third kappa shape index (κ3) is 2.01. The van der Waals surface area contributed by atoms with E-state index in [0.29, 0.717) is 19.6 Å². The predicted molar refractivity (Wildman–Crippen MR) is 67.2 cm³/mol. The lowest BCUT2D eigenvalue weighted by atomic mass is 10.3. The van der Waals surface area contributed by atoms with Crippen molar-refractivity contribution in [2.75, 3.05) is 13.1 Å². The molecular formula is C13H17N3O2. The van der Waals surface area contributed by atoms with Crippen LogP contribution in [-0.4, -0.2) is 49.8 Å². The lowest BCUT2D eigenvalue weighted by Gasteiger charge is -2.11. The van der Waals surface area contributed by atoms with Crippen LogP contribution in [0.4, 0.5) is 0 Å². The fourth-order valence-electron chi connectivity index (χ4n) is 2.49. The maximum absolute atomic E-state index is 9.51. The minimum Gasteiger partial charge on any atom is -0.389 e. The Bertz CT molecular complexity index is 556. The zero-order valence-electron chi connectivity index (χ0n) is 10.3. The van der Waals surface area contributed by atoms with Crippen LogP contribution < -0.4 is 0 Å². The first-order valence-electron chi connectivity index (χ1n) is 6.15. The molecule has 1 saturated heterocycles. The summed E-state index contributed by atoms with van der Waals surface area (Å²) in [6.45, 7) is 3.72. The first-order valence-corrected chi connectivity index (χ1v) is 6.15. The van der Waals surface area contributed by atoms with Gasteiger partial charge in [0.2, 0.25) is 0 Å².